The van der Waals surface area contributed by atoms with E-state index in [0.717, 1.165) is 25.9 Å². The average Bonchev–Trinajstić information content (AvgIpc) is 3.12. The van der Waals surface area contributed by atoms with Crippen LogP contribution in [-0.4, -0.2) is 41.4 Å². The van der Waals surface area contributed by atoms with Crippen LogP contribution in [0.15, 0.2) is 30.4 Å². The first kappa shape index (κ1) is 18.8. The molecule has 2 rings (SSSR count). The predicted octanol–water partition coefficient (Wildman–Crippen LogP) is 3.33. The maximum atomic E-state index is 12.2. The van der Waals surface area contributed by atoms with Crippen LogP contribution < -0.4 is 4.74 Å². The molecule has 1 fully saturated rings. The number of ether oxygens (including phenoxy) is 1. The molecule has 0 aromatic heterocycles. The van der Waals surface area contributed by atoms with Gasteiger partial charge in [-0.1, -0.05) is 18.2 Å². The van der Waals surface area contributed by atoms with Gasteiger partial charge < -0.3 is 14.7 Å². The number of rotatable bonds is 6. The van der Waals surface area contributed by atoms with Gasteiger partial charge in [-0.15, -0.1) is 0 Å². The van der Waals surface area contributed by atoms with E-state index in [0.29, 0.717) is 16.9 Å². The molecule has 5 nitrogen and oxygen atoms in total. The number of hydrogen-bond donors (Lipinski definition) is 1. The second kappa shape index (κ2) is 8.51. The van der Waals surface area contributed by atoms with Crippen molar-refractivity contribution in [3.63, 3.8) is 0 Å². The van der Waals surface area contributed by atoms with Crippen molar-refractivity contribution in [2.24, 2.45) is 0 Å². The van der Waals surface area contributed by atoms with Crippen molar-refractivity contribution >= 4 is 11.7 Å². The molecule has 1 N–H and O–H groups in total. The summed E-state index contributed by atoms with van der Waals surface area (Å²) in [5.41, 5.74) is 1.42. The zero-order valence-electron chi connectivity index (χ0n) is 15.0. The number of nitrogens with zero attached hydrogens (tertiary/aromatic N) is 1. The number of carbonyl (C=O) groups excluding carboxylic acids is 2. The van der Waals surface area contributed by atoms with Crippen molar-refractivity contribution in [2.75, 3.05) is 19.7 Å². The number of allylic oxidation sites excluding steroid dienone is 4. The number of carbonyl (C=O) groups is 2. The SMILES string of the molecule is C/C=C/C=C/C(=O)c1cc(C)c(OCC(=O)N2CCCC2)c(C)c1O. The Morgan fingerprint density at radius 1 is 1.24 bits per heavy atom. The Bertz CT molecular complexity index is 713. The number of phenols is 1. The van der Waals surface area contributed by atoms with Gasteiger partial charge in [-0.25, -0.2) is 0 Å². The highest BCUT2D eigenvalue weighted by Gasteiger charge is 2.21. The third-order valence-corrected chi connectivity index (χ3v) is 4.29. The number of phenolic OH excluding ortho intramolecular Hbond substituents is 1. The Morgan fingerprint density at radius 3 is 2.56 bits per heavy atom. The van der Waals surface area contributed by atoms with E-state index >= 15 is 0 Å². The molecule has 1 aliphatic heterocycles. The number of ketones is 1. The minimum Gasteiger partial charge on any atom is -0.507 e. The maximum absolute atomic E-state index is 12.2. The first-order valence-corrected chi connectivity index (χ1v) is 8.53. The smallest absolute Gasteiger partial charge is 0.260 e. The predicted molar refractivity (Wildman–Crippen MR) is 97.2 cm³/mol. The normalized spacial score (nSPS) is 14.6. The molecule has 0 aliphatic carbocycles. The summed E-state index contributed by atoms with van der Waals surface area (Å²) in [5.74, 6) is 0.0232. The molecular formula is C20H25NO4. The van der Waals surface area contributed by atoms with Crippen molar-refractivity contribution < 1.29 is 19.4 Å². The first-order valence-electron chi connectivity index (χ1n) is 8.53. The molecule has 0 spiro atoms. The van der Waals surface area contributed by atoms with Crippen LogP contribution in [0.1, 0.15) is 41.3 Å². The largest absolute Gasteiger partial charge is 0.507 e. The second-order valence-electron chi connectivity index (χ2n) is 6.17. The lowest BCUT2D eigenvalue weighted by Crippen LogP contribution is -2.32. The molecule has 0 unspecified atom stereocenters. The van der Waals surface area contributed by atoms with E-state index in [-0.39, 0.29) is 29.6 Å². The zero-order valence-corrected chi connectivity index (χ0v) is 15.0. The molecule has 1 saturated heterocycles. The van der Waals surface area contributed by atoms with Crippen LogP contribution in [0, 0.1) is 13.8 Å². The molecule has 0 bridgehead atoms. The van der Waals surface area contributed by atoms with Crippen molar-refractivity contribution in [1.29, 1.82) is 0 Å². The molecule has 1 aromatic rings. The summed E-state index contributed by atoms with van der Waals surface area (Å²) in [4.78, 5) is 26.1. The summed E-state index contributed by atoms with van der Waals surface area (Å²) >= 11 is 0. The average molecular weight is 343 g/mol. The van der Waals surface area contributed by atoms with Gasteiger partial charge in [-0.05, 0) is 51.3 Å². The van der Waals surface area contributed by atoms with E-state index in [9.17, 15) is 14.7 Å². The molecule has 134 valence electrons. The Balaban J connectivity index is 2.16. The monoisotopic (exact) mass is 343 g/mol. The van der Waals surface area contributed by atoms with Crippen molar-refractivity contribution in [3.05, 3.63) is 47.1 Å². The summed E-state index contributed by atoms with van der Waals surface area (Å²) in [5, 5.41) is 10.4. The van der Waals surface area contributed by atoms with Crippen LogP contribution in [0.25, 0.3) is 0 Å². The zero-order chi connectivity index (χ0) is 18.4. The molecule has 1 heterocycles. The van der Waals surface area contributed by atoms with Crippen LogP contribution >= 0.6 is 0 Å². The van der Waals surface area contributed by atoms with E-state index < -0.39 is 0 Å². The maximum Gasteiger partial charge on any atom is 0.260 e. The highest BCUT2D eigenvalue weighted by molar-refractivity contribution is 6.07. The fourth-order valence-corrected chi connectivity index (χ4v) is 2.90. The Hall–Kier alpha value is -2.56. The van der Waals surface area contributed by atoms with E-state index in [1.165, 1.54) is 6.08 Å². The lowest BCUT2D eigenvalue weighted by Gasteiger charge is -2.18. The van der Waals surface area contributed by atoms with Gasteiger partial charge in [-0.2, -0.15) is 0 Å². The molecule has 1 aromatic carbocycles. The van der Waals surface area contributed by atoms with Crippen molar-refractivity contribution in [2.45, 2.75) is 33.6 Å². The van der Waals surface area contributed by atoms with Crippen LogP contribution in [0.3, 0.4) is 0 Å². The molecule has 0 atom stereocenters. The molecule has 5 heteroatoms. The van der Waals surface area contributed by atoms with E-state index in [2.05, 4.69) is 0 Å². The van der Waals surface area contributed by atoms with Gasteiger partial charge in [0.2, 0.25) is 0 Å². The summed E-state index contributed by atoms with van der Waals surface area (Å²) in [6.45, 7) is 6.83. The lowest BCUT2D eigenvalue weighted by atomic mass is 10.0. The number of amides is 1. The lowest BCUT2D eigenvalue weighted by molar-refractivity contribution is -0.132. The number of aryl methyl sites for hydroxylation is 1. The quantitative estimate of drug-likeness (QED) is 0.489. The van der Waals surface area contributed by atoms with Gasteiger partial charge in [0.05, 0.1) is 5.56 Å². The second-order valence-corrected chi connectivity index (χ2v) is 6.17. The third kappa shape index (κ3) is 4.50. The standard InChI is InChI=1S/C20H25NO4/c1-4-5-6-9-17(22)16-12-14(2)20(15(3)19(16)24)25-13-18(23)21-10-7-8-11-21/h4-6,9,12,24H,7-8,10-11,13H2,1-3H3/b5-4+,9-6+. The number of aromatic hydroxyl groups is 1. The molecule has 0 saturated carbocycles. The Kier molecular flexibility index (Phi) is 6.39. The van der Waals surface area contributed by atoms with Gasteiger partial charge in [0.25, 0.3) is 5.91 Å². The van der Waals surface area contributed by atoms with Crippen LogP contribution in [0.4, 0.5) is 0 Å². The van der Waals surface area contributed by atoms with Crippen LogP contribution in [0.2, 0.25) is 0 Å². The van der Waals surface area contributed by atoms with Gasteiger partial charge in [0.15, 0.2) is 12.4 Å². The number of benzene rings is 1. The van der Waals surface area contributed by atoms with Gasteiger partial charge >= 0.3 is 0 Å². The summed E-state index contributed by atoms with van der Waals surface area (Å²) < 4.78 is 5.66. The summed E-state index contributed by atoms with van der Waals surface area (Å²) in [7, 11) is 0. The molecule has 1 amide bonds. The Labute approximate surface area is 148 Å². The fraction of sp³-hybridized carbons (Fsp3) is 0.400. The molecule has 0 radical (unpaired) electrons. The van der Waals surface area contributed by atoms with Gasteiger partial charge in [-0.3, -0.25) is 9.59 Å². The van der Waals surface area contributed by atoms with Gasteiger partial charge in [0, 0.05) is 18.7 Å². The van der Waals surface area contributed by atoms with Crippen molar-refractivity contribution in [3.8, 4) is 11.5 Å². The van der Waals surface area contributed by atoms with Crippen LogP contribution in [0.5, 0.6) is 11.5 Å². The van der Waals surface area contributed by atoms with Gasteiger partial charge in [0.1, 0.15) is 11.5 Å². The molecular weight excluding hydrogens is 318 g/mol. The topological polar surface area (TPSA) is 66.8 Å². The fourth-order valence-electron chi connectivity index (χ4n) is 2.90. The minimum atomic E-state index is -0.276. The summed E-state index contributed by atoms with van der Waals surface area (Å²) in [6.07, 6.45) is 8.66. The molecule has 1 aliphatic rings. The number of hydrogen-bond acceptors (Lipinski definition) is 4. The molecule has 25 heavy (non-hydrogen) atoms. The highest BCUT2D eigenvalue weighted by atomic mass is 16.5. The third-order valence-electron chi connectivity index (χ3n) is 4.29. The summed E-state index contributed by atoms with van der Waals surface area (Å²) in [6, 6.07) is 1.60. The van der Waals surface area contributed by atoms with E-state index in [1.54, 1.807) is 37.0 Å². The van der Waals surface area contributed by atoms with Crippen molar-refractivity contribution in [1.82, 2.24) is 4.90 Å². The van der Waals surface area contributed by atoms with E-state index in [1.807, 2.05) is 13.0 Å². The number of likely N-dealkylation sites (tertiary alicyclic amines) is 1. The highest BCUT2D eigenvalue weighted by Crippen LogP contribution is 2.34. The Morgan fingerprint density at radius 2 is 1.92 bits per heavy atom. The van der Waals surface area contributed by atoms with E-state index in [4.69, 9.17) is 4.74 Å². The minimum absolute atomic E-state index is 0.0507. The first-order chi connectivity index (χ1) is 12.0. The van der Waals surface area contributed by atoms with Crippen LogP contribution in [-0.2, 0) is 4.79 Å².